The van der Waals surface area contributed by atoms with E-state index in [0.29, 0.717) is 18.6 Å². The Kier molecular flexibility index (Phi) is 6.91. The van der Waals surface area contributed by atoms with Crippen LogP contribution in [-0.4, -0.2) is 81.1 Å². The number of nitrogens with zero attached hydrogens (tertiary/aromatic N) is 3. The first-order valence-corrected chi connectivity index (χ1v) is 9.42. The molecule has 0 radical (unpaired) electrons. The molecule has 0 amide bonds. The summed E-state index contributed by atoms with van der Waals surface area (Å²) >= 11 is 0. The fourth-order valence-corrected chi connectivity index (χ4v) is 3.12. The van der Waals surface area contributed by atoms with Crippen LogP contribution in [0.3, 0.4) is 0 Å². The van der Waals surface area contributed by atoms with E-state index in [2.05, 4.69) is 30.7 Å². The fraction of sp³-hybridized carbons (Fsp3) is 1.00. The number of likely N-dealkylation sites (tertiary alicyclic amines) is 1. The van der Waals surface area contributed by atoms with Gasteiger partial charge in [-0.2, -0.15) is 0 Å². The van der Waals surface area contributed by atoms with Gasteiger partial charge >= 0.3 is 0 Å². The zero-order valence-corrected chi connectivity index (χ0v) is 14.5. The normalized spacial score (nSPS) is 19.4. The molecule has 6 heteroatoms. The molecular formula is C14H31N3O2S. The Hall–Kier alpha value is -0.170. The maximum atomic E-state index is 11.3. The second-order valence-electron chi connectivity index (χ2n) is 6.27. The van der Waals surface area contributed by atoms with Crippen LogP contribution in [0, 0.1) is 0 Å². The van der Waals surface area contributed by atoms with Crippen LogP contribution in [0.5, 0.6) is 0 Å². The molecule has 0 bridgehead atoms. The second-order valence-corrected chi connectivity index (χ2v) is 8.36. The zero-order chi connectivity index (χ0) is 15.3. The Bertz CT molecular complexity index is 376. The number of sulfonamides is 1. The van der Waals surface area contributed by atoms with E-state index in [-0.39, 0.29) is 0 Å². The zero-order valence-electron chi connectivity index (χ0n) is 13.7. The third kappa shape index (κ3) is 5.68. The van der Waals surface area contributed by atoms with Crippen LogP contribution in [-0.2, 0) is 10.0 Å². The van der Waals surface area contributed by atoms with Gasteiger partial charge in [0.1, 0.15) is 0 Å². The largest absolute Gasteiger partial charge is 0.303 e. The smallest absolute Gasteiger partial charge is 0.210 e. The number of hydrogen-bond acceptors (Lipinski definition) is 4. The molecule has 1 saturated heterocycles. The summed E-state index contributed by atoms with van der Waals surface area (Å²) in [5, 5.41) is 0. The predicted octanol–water partition coefficient (Wildman–Crippen LogP) is 1.07. The molecule has 120 valence electrons. The molecule has 0 saturated carbocycles. The first-order valence-electron chi connectivity index (χ1n) is 7.57. The monoisotopic (exact) mass is 305 g/mol. The topological polar surface area (TPSA) is 43.9 Å². The second kappa shape index (κ2) is 7.73. The summed E-state index contributed by atoms with van der Waals surface area (Å²) in [6.45, 7) is 8.36. The first kappa shape index (κ1) is 17.9. The highest BCUT2D eigenvalue weighted by atomic mass is 32.2. The Morgan fingerprint density at radius 1 is 1.20 bits per heavy atom. The lowest BCUT2D eigenvalue weighted by atomic mass is 10.0. The Morgan fingerprint density at radius 2 is 1.75 bits per heavy atom. The Balaban J connectivity index is 2.23. The summed E-state index contributed by atoms with van der Waals surface area (Å²) in [6, 6.07) is 1.31. The molecule has 0 aromatic carbocycles. The number of piperidine rings is 1. The average Bonchev–Trinajstić information content (AvgIpc) is 2.37. The predicted molar refractivity (Wildman–Crippen MR) is 84.5 cm³/mol. The first-order chi connectivity index (χ1) is 9.21. The molecule has 0 unspecified atom stereocenters. The van der Waals surface area contributed by atoms with Crippen LogP contribution in [0.2, 0.25) is 0 Å². The van der Waals surface area contributed by atoms with E-state index in [4.69, 9.17) is 0 Å². The van der Waals surface area contributed by atoms with Crippen molar-refractivity contribution in [2.24, 2.45) is 0 Å². The molecule has 0 aliphatic carbocycles. The van der Waals surface area contributed by atoms with Crippen LogP contribution in [0.1, 0.15) is 33.1 Å². The molecule has 20 heavy (non-hydrogen) atoms. The molecule has 1 aliphatic rings. The van der Waals surface area contributed by atoms with Crippen molar-refractivity contribution in [3.8, 4) is 0 Å². The van der Waals surface area contributed by atoms with Crippen LogP contribution in [0.15, 0.2) is 0 Å². The van der Waals surface area contributed by atoms with Gasteiger partial charge in [-0.3, -0.25) is 0 Å². The minimum Gasteiger partial charge on any atom is -0.303 e. The summed E-state index contributed by atoms with van der Waals surface area (Å²) in [5.41, 5.74) is 0. The Morgan fingerprint density at radius 3 is 2.20 bits per heavy atom. The number of hydrogen-bond donors (Lipinski definition) is 0. The van der Waals surface area contributed by atoms with Gasteiger partial charge in [-0.25, -0.2) is 12.7 Å². The van der Waals surface area contributed by atoms with Crippen LogP contribution >= 0.6 is 0 Å². The van der Waals surface area contributed by atoms with Crippen molar-refractivity contribution in [3.05, 3.63) is 0 Å². The van der Waals surface area contributed by atoms with Crippen molar-refractivity contribution in [2.45, 2.75) is 45.2 Å². The highest BCUT2D eigenvalue weighted by molar-refractivity contribution is 7.88. The van der Waals surface area contributed by atoms with E-state index in [0.717, 1.165) is 26.1 Å². The molecular weight excluding hydrogens is 274 g/mol. The van der Waals surface area contributed by atoms with Crippen molar-refractivity contribution in [3.63, 3.8) is 0 Å². The van der Waals surface area contributed by atoms with E-state index >= 15 is 0 Å². The summed E-state index contributed by atoms with van der Waals surface area (Å²) < 4.78 is 24.0. The summed E-state index contributed by atoms with van der Waals surface area (Å²) in [6.07, 6.45) is 4.61. The number of rotatable bonds is 7. The maximum absolute atomic E-state index is 11.3. The standard InChI is InChI=1S/C14H31N3O2S/c1-13(2)16(4)14-7-11-17(12-8-14)10-6-9-15(3)20(5,18)19/h13-14H,6-12H2,1-5H3. The van der Waals surface area contributed by atoms with Gasteiger partial charge in [-0.05, 0) is 59.8 Å². The van der Waals surface area contributed by atoms with Crippen LogP contribution < -0.4 is 0 Å². The van der Waals surface area contributed by atoms with E-state index < -0.39 is 10.0 Å². The lowest BCUT2D eigenvalue weighted by molar-refractivity contribution is 0.106. The van der Waals surface area contributed by atoms with Gasteiger partial charge in [0.05, 0.1) is 6.26 Å². The molecule has 0 aromatic rings. The van der Waals surface area contributed by atoms with Crippen LogP contribution in [0.4, 0.5) is 0 Å². The highest BCUT2D eigenvalue weighted by Gasteiger charge is 2.23. The van der Waals surface area contributed by atoms with Crippen LogP contribution in [0.25, 0.3) is 0 Å². The molecule has 1 rings (SSSR count). The van der Waals surface area contributed by atoms with E-state index in [1.165, 1.54) is 23.4 Å². The third-order valence-corrected chi connectivity index (χ3v) is 5.78. The molecule has 0 aromatic heterocycles. The Labute approximate surface area is 125 Å². The molecule has 0 atom stereocenters. The van der Waals surface area contributed by atoms with Gasteiger partial charge in [0.15, 0.2) is 0 Å². The van der Waals surface area contributed by atoms with Crippen molar-refractivity contribution in [1.29, 1.82) is 0 Å². The van der Waals surface area contributed by atoms with Gasteiger partial charge < -0.3 is 9.80 Å². The van der Waals surface area contributed by atoms with Gasteiger partial charge in [0.25, 0.3) is 0 Å². The van der Waals surface area contributed by atoms with E-state index in [9.17, 15) is 8.42 Å². The van der Waals surface area contributed by atoms with Gasteiger partial charge in [-0.15, -0.1) is 0 Å². The lowest BCUT2D eigenvalue weighted by Gasteiger charge is -2.38. The van der Waals surface area contributed by atoms with E-state index in [1.807, 2.05) is 0 Å². The average molecular weight is 305 g/mol. The van der Waals surface area contributed by atoms with Gasteiger partial charge in [-0.1, -0.05) is 0 Å². The van der Waals surface area contributed by atoms with E-state index in [1.54, 1.807) is 7.05 Å². The maximum Gasteiger partial charge on any atom is 0.210 e. The summed E-state index contributed by atoms with van der Waals surface area (Å²) in [4.78, 5) is 4.93. The molecule has 1 aliphatic heterocycles. The van der Waals surface area contributed by atoms with Crippen molar-refractivity contribution in [2.75, 3.05) is 46.5 Å². The fourth-order valence-electron chi connectivity index (χ4n) is 2.65. The van der Waals surface area contributed by atoms with Crippen molar-refractivity contribution in [1.82, 2.24) is 14.1 Å². The minimum atomic E-state index is -3.03. The minimum absolute atomic E-state index is 0.606. The third-order valence-electron chi connectivity index (χ3n) is 4.46. The van der Waals surface area contributed by atoms with Gasteiger partial charge in [0, 0.05) is 25.7 Å². The van der Waals surface area contributed by atoms with Crippen molar-refractivity contribution >= 4 is 10.0 Å². The molecule has 0 spiro atoms. The quantitative estimate of drug-likeness (QED) is 0.706. The molecule has 5 nitrogen and oxygen atoms in total. The van der Waals surface area contributed by atoms with Gasteiger partial charge in [0.2, 0.25) is 10.0 Å². The summed E-state index contributed by atoms with van der Waals surface area (Å²) in [7, 11) is 0.839. The highest BCUT2D eigenvalue weighted by Crippen LogP contribution is 2.17. The van der Waals surface area contributed by atoms with Crippen molar-refractivity contribution < 1.29 is 8.42 Å². The lowest BCUT2D eigenvalue weighted by Crippen LogP contribution is -2.46. The SMILES string of the molecule is CC(C)N(C)C1CCN(CCCN(C)S(C)(=O)=O)CC1. The molecule has 0 N–H and O–H groups in total. The summed E-state index contributed by atoms with van der Waals surface area (Å²) in [5.74, 6) is 0. The molecule has 1 heterocycles. The molecule has 1 fully saturated rings.